The van der Waals surface area contributed by atoms with Crippen LogP contribution in [0.5, 0.6) is 0 Å². The number of ether oxygens (including phenoxy) is 1. The highest BCUT2D eigenvalue weighted by atomic mass is 16.5. The third-order valence-electron chi connectivity index (χ3n) is 6.45. The van der Waals surface area contributed by atoms with Gasteiger partial charge in [0, 0.05) is 25.2 Å². The van der Waals surface area contributed by atoms with E-state index in [1.165, 1.54) is 30.2 Å². The topological polar surface area (TPSA) is 76.5 Å². The molecule has 1 aliphatic carbocycles. The lowest BCUT2D eigenvalue weighted by Crippen LogP contribution is -2.59. The van der Waals surface area contributed by atoms with Gasteiger partial charge < -0.3 is 10.1 Å². The van der Waals surface area contributed by atoms with Crippen molar-refractivity contribution in [1.29, 1.82) is 0 Å². The van der Waals surface area contributed by atoms with Gasteiger partial charge in [0.25, 0.3) is 5.56 Å². The van der Waals surface area contributed by atoms with Crippen LogP contribution in [0.2, 0.25) is 0 Å². The zero-order chi connectivity index (χ0) is 20.3. The Bertz CT molecular complexity index is 927. The number of carbonyl (C=O) groups excluding carboxylic acids is 1. The number of aryl methyl sites for hydroxylation is 1. The van der Waals surface area contributed by atoms with Gasteiger partial charge >= 0.3 is 0 Å². The number of hydrogen-bond acceptors (Lipinski definition) is 5. The Kier molecular flexibility index (Phi) is 5.96. The molecule has 29 heavy (non-hydrogen) atoms. The van der Waals surface area contributed by atoms with E-state index in [4.69, 9.17) is 4.74 Å². The molecule has 2 aliphatic rings. The summed E-state index contributed by atoms with van der Waals surface area (Å²) in [4.78, 5) is 32.3. The largest absolute Gasteiger partial charge is 0.379 e. The lowest BCUT2D eigenvalue weighted by molar-refractivity contribution is -0.123. The Balaban J connectivity index is 1.45. The fourth-order valence-electron chi connectivity index (χ4n) is 4.78. The molecular formula is C22H30N4O3. The maximum absolute atomic E-state index is 12.8. The van der Waals surface area contributed by atoms with E-state index in [9.17, 15) is 9.59 Å². The number of morpholine rings is 1. The molecule has 156 valence electrons. The average Bonchev–Trinajstić information content (AvgIpc) is 2.76. The molecular weight excluding hydrogens is 368 g/mol. The summed E-state index contributed by atoms with van der Waals surface area (Å²) in [6.07, 6.45) is 7.34. The standard InChI is InChI=1S/C22H30N4O3/c1-17-6-5-7-18-20(17)24-16-25(21(18)28)14-19(27)23-15-22(8-3-2-4-9-22)26-10-12-29-13-11-26/h5-7,16H,2-4,8-15H2,1H3,(H,23,27). The number of nitrogens with zero attached hydrogens (tertiary/aromatic N) is 3. The first-order chi connectivity index (χ1) is 14.1. The van der Waals surface area contributed by atoms with Crippen LogP contribution in [-0.2, 0) is 16.1 Å². The van der Waals surface area contributed by atoms with Crippen LogP contribution < -0.4 is 10.9 Å². The monoisotopic (exact) mass is 398 g/mol. The molecule has 2 aromatic rings. The van der Waals surface area contributed by atoms with Gasteiger partial charge in [0.05, 0.1) is 30.4 Å². The molecule has 0 spiro atoms. The zero-order valence-electron chi connectivity index (χ0n) is 17.2. The summed E-state index contributed by atoms with van der Waals surface area (Å²) in [5, 5.41) is 3.67. The van der Waals surface area contributed by atoms with Crippen LogP contribution in [0.4, 0.5) is 0 Å². The minimum atomic E-state index is -0.172. The highest BCUT2D eigenvalue weighted by molar-refractivity contribution is 5.81. The van der Waals surface area contributed by atoms with E-state index in [0.717, 1.165) is 44.7 Å². The minimum Gasteiger partial charge on any atom is -0.379 e. The quantitative estimate of drug-likeness (QED) is 0.832. The second-order valence-electron chi connectivity index (χ2n) is 8.31. The molecule has 7 nitrogen and oxygen atoms in total. The summed E-state index contributed by atoms with van der Waals surface area (Å²) in [5.41, 5.74) is 1.50. The van der Waals surface area contributed by atoms with Crippen molar-refractivity contribution in [2.45, 2.75) is 51.1 Å². The lowest BCUT2D eigenvalue weighted by atomic mass is 9.79. The Morgan fingerprint density at radius 3 is 2.72 bits per heavy atom. The van der Waals surface area contributed by atoms with Gasteiger partial charge in [0.15, 0.2) is 0 Å². The molecule has 0 atom stereocenters. The highest BCUT2D eigenvalue weighted by Gasteiger charge is 2.38. The summed E-state index contributed by atoms with van der Waals surface area (Å²) in [6.45, 7) is 5.91. The number of amides is 1. The number of carbonyl (C=O) groups is 1. The fourth-order valence-corrected chi connectivity index (χ4v) is 4.78. The van der Waals surface area contributed by atoms with Crippen molar-refractivity contribution in [1.82, 2.24) is 19.8 Å². The maximum atomic E-state index is 12.8. The molecule has 1 aromatic carbocycles. The van der Waals surface area contributed by atoms with Crippen LogP contribution in [0.3, 0.4) is 0 Å². The van der Waals surface area contributed by atoms with E-state index in [0.29, 0.717) is 17.4 Å². The molecule has 2 heterocycles. The predicted octanol–water partition coefficient (Wildman–Crippen LogP) is 1.86. The second-order valence-corrected chi connectivity index (χ2v) is 8.31. The van der Waals surface area contributed by atoms with Crippen molar-refractivity contribution >= 4 is 16.8 Å². The molecule has 0 unspecified atom stereocenters. The van der Waals surface area contributed by atoms with Crippen molar-refractivity contribution in [3.8, 4) is 0 Å². The summed E-state index contributed by atoms with van der Waals surface area (Å²) in [6, 6.07) is 5.54. The number of nitrogens with one attached hydrogen (secondary N) is 1. The van der Waals surface area contributed by atoms with E-state index in [-0.39, 0.29) is 23.6 Å². The Labute approximate surface area is 171 Å². The Morgan fingerprint density at radius 2 is 1.97 bits per heavy atom. The Hall–Kier alpha value is -2.25. The van der Waals surface area contributed by atoms with Gasteiger partial charge in [-0.05, 0) is 31.4 Å². The normalized spacial score (nSPS) is 19.9. The van der Waals surface area contributed by atoms with Crippen LogP contribution in [0.15, 0.2) is 29.3 Å². The summed E-state index contributed by atoms with van der Waals surface area (Å²) < 4.78 is 6.92. The van der Waals surface area contributed by atoms with Crippen LogP contribution in [0.1, 0.15) is 37.7 Å². The van der Waals surface area contributed by atoms with Gasteiger partial charge in [0.2, 0.25) is 5.91 Å². The fraction of sp³-hybridized carbons (Fsp3) is 0.591. The zero-order valence-corrected chi connectivity index (χ0v) is 17.2. The van der Waals surface area contributed by atoms with E-state index < -0.39 is 0 Å². The number of rotatable bonds is 5. The molecule has 1 N–H and O–H groups in total. The van der Waals surface area contributed by atoms with E-state index in [1.807, 2.05) is 19.1 Å². The molecule has 7 heteroatoms. The van der Waals surface area contributed by atoms with Gasteiger partial charge in [-0.3, -0.25) is 19.1 Å². The Morgan fingerprint density at radius 1 is 1.21 bits per heavy atom. The molecule has 1 aliphatic heterocycles. The molecule has 1 saturated heterocycles. The van der Waals surface area contributed by atoms with Gasteiger partial charge in [-0.2, -0.15) is 0 Å². The smallest absolute Gasteiger partial charge is 0.261 e. The molecule has 0 radical (unpaired) electrons. The number of hydrogen-bond donors (Lipinski definition) is 1. The third kappa shape index (κ3) is 4.21. The van der Waals surface area contributed by atoms with Crippen molar-refractivity contribution in [2.24, 2.45) is 0 Å². The highest BCUT2D eigenvalue weighted by Crippen LogP contribution is 2.33. The van der Waals surface area contributed by atoms with Gasteiger partial charge in [-0.15, -0.1) is 0 Å². The van der Waals surface area contributed by atoms with E-state index in [1.54, 1.807) is 6.07 Å². The van der Waals surface area contributed by atoms with Gasteiger partial charge in [-0.25, -0.2) is 4.98 Å². The molecule has 4 rings (SSSR count). The van der Waals surface area contributed by atoms with E-state index in [2.05, 4.69) is 15.2 Å². The third-order valence-corrected chi connectivity index (χ3v) is 6.45. The van der Waals surface area contributed by atoms with Crippen LogP contribution >= 0.6 is 0 Å². The first kappa shape index (κ1) is 20.0. The average molecular weight is 399 g/mol. The van der Waals surface area contributed by atoms with E-state index >= 15 is 0 Å². The predicted molar refractivity (Wildman–Crippen MR) is 112 cm³/mol. The van der Waals surface area contributed by atoms with Gasteiger partial charge in [-0.1, -0.05) is 31.4 Å². The van der Waals surface area contributed by atoms with Crippen molar-refractivity contribution in [3.05, 3.63) is 40.4 Å². The lowest BCUT2D eigenvalue weighted by Gasteiger charge is -2.48. The van der Waals surface area contributed by atoms with Crippen LogP contribution in [0, 0.1) is 6.92 Å². The molecule has 1 amide bonds. The number of para-hydroxylation sites is 1. The molecule has 1 saturated carbocycles. The second kappa shape index (κ2) is 8.63. The number of fused-ring (bicyclic) bond motifs is 1. The molecule has 2 fully saturated rings. The van der Waals surface area contributed by atoms with Gasteiger partial charge in [0.1, 0.15) is 6.54 Å². The minimum absolute atomic E-state index is 0.00505. The number of benzene rings is 1. The maximum Gasteiger partial charge on any atom is 0.261 e. The SMILES string of the molecule is Cc1cccc2c(=O)n(CC(=O)NCC3(N4CCOCC4)CCCCC3)cnc12. The van der Waals surface area contributed by atoms with Crippen molar-refractivity contribution < 1.29 is 9.53 Å². The number of aromatic nitrogens is 2. The van der Waals surface area contributed by atoms with Crippen LogP contribution in [0.25, 0.3) is 10.9 Å². The summed E-state index contributed by atoms with van der Waals surface area (Å²) in [7, 11) is 0. The van der Waals surface area contributed by atoms with Crippen molar-refractivity contribution in [3.63, 3.8) is 0 Å². The van der Waals surface area contributed by atoms with Crippen LogP contribution in [-0.4, -0.2) is 58.7 Å². The first-order valence-corrected chi connectivity index (χ1v) is 10.6. The summed E-state index contributed by atoms with van der Waals surface area (Å²) >= 11 is 0. The summed E-state index contributed by atoms with van der Waals surface area (Å²) in [5.74, 6) is -0.140. The molecule has 0 bridgehead atoms. The first-order valence-electron chi connectivity index (χ1n) is 10.6. The molecule has 1 aromatic heterocycles. The van der Waals surface area contributed by atoms with Crippen molar-refractivity contribution in [2.75, 3.05) is 32.8 Å².